The van der Waals surface area contributed by atoms with Gasteiger partial charge in [-0.05, 0) is 31.0 Å². The average Bonchev–Trinajstić information content (AvgIpc) is 2.36. The minimum atomic E-state index is -0.330. The topological polar surface area (TPSA) is 23.6 Å². The van der Waals surface area contributed by atoms with Crippen LogP contribution in [-0.4, -0.2) is 31.1 Å². The molecule has 0 radical (unpaired) electrons. The summed E-state index contributed by atoms with van der Waals surface area (Å²) in [5.74, 6) is -0.330. The van der Waals surface area contributed by atoms with E-state index in [-0.39, 0.29) is 11.8 Å². The van der Waals surface area contributed by atoms with Gasteiger partial charge in [0.15, 0.2) is 0 Å². The van der Waals surface area contributed by atoms with Crippen molar-refractivity contribution in [1.29, 1.82) is 0 Å². The molecule has 0 saturated carbocycles. The molecule has 18 heavy (non-hydrogen) atoms. The quantitative estimate of drug-likeness (QED) is 0.751. The summed E-state index contributed by atoms with van der Waals surface area (Å²) in [4.78, 5) is 15.0. The summed E-state index contributed by atoms with van der Waals surface area (Å²) in [6.07, 6.45) is 0.871. The molecule has 0 spiro atoms. The van der Waals surface area contributed by atoms with Gasteiger partial charge in [-0.1, -0.05) is 19.9 Å². The molecular formula is C14H21FN2O. The largest absolute Gasteiger partial charge is 0.327 e. The molecule has 1 aliphatic heterocycles. The number of anilines is 1. The number of halogens is 1. The van der Waals surface area contributed by atoms with E-state index in [1.54, 1.807) is 18.0 Å². The Kier molecular flexibility index (Phi) is 5.13. The zero-order valence-corrected chi connectivity index (χ0v) is 11.5. The van der Waals surface area contributed by atoms with E-state index in [1.807, 2.05) is 26.8 Å². The van der Waals surface area contributed by atoms with Crippen molar-refractivity contribution in [3.05, 3.63) is 29.6 Å². The summed E-state index contributed by atoms with van der Waals surface area (Å²) in [6, 6.07) is 4.81. The molecule has 1 fully saturated rings. The second-order valence-electron chi connectivity index (χ2n) is 4.16. The van der Waals surface area contributed by atoms with Crippen molar-refractivity contribution in [2.24, 2.45) is 0 Å². The van der Waals surface area contributed by atoms with Crippen molar-refractivity contribution in [2.75, 3.05) is 25.0 Å². The molecule has 0 unspecified atom stereocenters. The maximum absolute atomic E-state index is 13.7. The highest BCUT2D eigenvalue weighted by Gasteiger charge is 2.25. The molecule has 0 bridgehead atoms. The number of carbonyl (C=O) groups excluding carboxylic acids is 1. The highest BCUT2D eigenvalue weighted by atomic mass is 19.1. The summed E-state index contributed by atoms with van der Waals surface area (Å²) in [7, 11) is 1.74. The Hall–Kier alpha value is -1.58. The number of benzene rings is 1. The first-order chi connectivity index (χ1) is 8.59. The third-order valence-corrected chi connectivity index (χ3v) is 2.83. The van der Waals surface area contributed by atoms with Crippen LogP contribution in [0.5, 0.6) is 0 Å². The first-order valence-corrected chi connectivity index (χ1v) is 6.38. The molecule has 1 saturated heterocycles. The minimum Gasteiger partial charge on any atom is -0.327 e. The summed E-state index contributed by atoms with van der Waals surface area (Å²) in [5.41, 5.74) is 1.24. The number of carbonyl (C=O) groups is 1. The van der Waals surface area contributed by atoms with Crippen molar-refractivity contribution in [2.45, 2.75) is 27.2 Å². The number of urea groups is 1. The number of hydrogen-bond donors (Lipinski definition) is 0. The molecule has 100 valence electrons. The third kappa shape index (κ3) is 3.00. The SMILES string of the molecule is CC.Cc1ccc(N2CCCN(C)C2=O)c(F)c1. The zero-order valence-electron chi connectivity index (χ0n) is 11.5. The maximum Gasteiger partial charge on any atom is 0.324 e. The minimum absolute atomic E-state index is 0.131. The van der Waals surface area contributed by atoms with E-state index in [1.165, 1.54) is 11.0 Å². The van der Waals surface area contributed by atoms with E-state index in [0.717, 1.165) is 18.5 Å². The van der Waals surface area contributed by atoms with Gasteiger partial charge in [0, 0.05) is 20.1 Å². The molecule has 4 heteroatoms. The Morgan fingerprint density at radius 1 is 1.22 bits per heavy atom. The molecule has 2 rings (SSSR count). The first kappa shape index (κ1) is 14.5. The van der Waals surface area contributed by atoms with Crippen molar-refractivity contribution >= 4 is 11.7 Å². The van der Waals surface area contributed by atoms with Crippen molar-refractivity contribution in [3.63, 3.8) is 0 Å². The fourth-order valence-electron chi connectivity index (χ4n) is 1.92. The fourth-order valence-corrected chi connectivity index (χ4v) is 1.92. The number of hydrogen-bond acceptors (Lipinski definition) is 1. The van der Waals surface area contributed by atoms with Crippen LogP contribution < -0.4 is 4.90 Å². The Morgan fingerprint density at radius 2 is 1.89 bits per heavy atom. The molecular weight excluding hydrogens is 231 g/mol. The maximum atomic E-state index is 13.7. The van der Waals surface area contributed by atoms with Gasteiger partial charge < -0.3 is 4.90 Å². The van der Waals surface area contributed by atoms with Crippen molar-refractivity contribution in [3.8, 4) is 0 Å². The standard InChI is InChI=1S/C12H15FN2O.C2H6/c1-9-4-5-11(10(13)8-9)15-7-3-6-14(2)12(15)16;1-2/h4-5,8H,3,6-7H2,1-2H3;1-2H3. The Morgan fingerprint density at radius 3 is 2.50 bits per heavy atom. The predicted octanol–water partition coefficient (Wildman–Crippen LogP) is 3.42. The highest BCUT2D eigenvalue weighted by molar-refractivity contribution is 5.92. The van der Waals surface area contributed by atoms with Crippen molar-refractivity contribution in [1.82, 2.24) is 4.90 Å². The third-order valence-electron chi connectivity index (χ3n) is 2.83. The summed E-state index contributed by atoms with van der Waals surface area (Å²) >= 11 is 0. The molecule has 1 heterocycles. The smallest absolute Gasteiger partial charge is 0.324 e. The van der Waals surface area contributed by atoms with Gasteiger partial charge in [-0.25, -0.2) is 9.18 Å². The summed E-state index contributed by atoms with van der Waals surface area (Å²) in [5, 5.41) is 0. The molecule has 0 N–H and O–H groups in total. The lowest BCUT2D eigenvalue weighted by Crippen LogP contribution is -2.47. The molecule has 0 aliphatic carbocycles. The lowest BCUT2D eigenvalue weighted by molar-refractivity contribution is 0.207. The van der Waals surface area contributed by atoms with Gasteiger partial charge in [0.05, 0.1) is 5.69 Å². The van der Waals surface area contributed by atoms with Crippen LogP contribution in [0, 0.1) is 12.7 Å². The molecule has 3 nitrogen and oxygen atoms in total. The zero-order chi connectivity index (χ0) is 13.7. The molecule has 1 aromatic rings. The van der Waals surface area contributed by atoms with Crippen LogP contribution >= 0.6 is 0 Å². The Balaban J connectivity index is 0.000000771. The first-order valence-electron chi connectivity index (χ1n) is 6.38. The van der Waals surface area contributed by atoms with E-state index in [0.29, 0.717) is 12.2 Å². The monoisotopic (exact) mass is 252 g/mol. The molecule has 2 amide bonds. The second-order valence-corrected chi connectivity index (χ2v) is 4.16. The summed E-state index contributed by atoms with van der Waals surface area (Å²) in [6.45, 7) is 7.16. The van der Waals surface area contributed by atoms with E-state index in [4.69, 9.17) is 0 Å². The van der Waals surface area contributed by atoms with Gasteiger partial charge >= 0.3 is 6.03 Å². The number of rotatable bonds is 1. The van der Waals surface area contributed by atoms with E-state index in [9.17, 15) is 9.18 Å². The molecule has 0 aromatic heterocycles. The van der Waals surface area contributed by atoms with Crippen LogP contribution in [-0.2, 0) is 0 Å². The predicted molar refractivity (Wildman–Crippen MR) is 72.5 cm³/mol. The number of amides is 2. The van der Waals surface area contributed by atoms with Crippen LogP contribution in [0.3, 0.4) is 0 Å². The van der Waals surface area contributed by atoms with E-state index >= 15 is 0 Å². The lowest BCUT2D eigenvalue weighted by Gasteiger charge is -2.33. The Bertz CT molecular complexity index is 420. The molecule has 1 aromatic carbocycles. The average molecular weight is 252 g/mol. The van der Waals surface area contributed by atoms with Gasteiger partial charge in [-0.3, -0.25) is 4.90 Å². The highest BCUT2D eigenvalue weighted by Crippen LogP contribution is 2.23. The van der Waals surface area contributed by atoms with Gasteiger partial charge in [0.25, 0.3) is 0 Å². The van der Waals surface area contributed by atoms with Crippen molar-refractivity contribution < 1.29 is 9.18 Å². The fraction of sp³-hybridized carbons (Fsp3) is 0.500. The van der Waals surface area contributed by atoms with Crippen LogP contribution in [0.1, 0.15) is 25.8 Å². The van der Waals surface area contributed by atoms with Gasteiger partial charge in [0.2, 0.25) is 0 Å². The van der Waals surface area contributed by atoms with E-state index in [2.05, 4.69) is 0 Å². The van der Waals surface area contributed by atoms with Gasteiger partial charge in [0.1, 0.15) is 5.82 Å². The summed E-state index contributed by atoms with van der Waals surface area (Å²) < 4.78 is 13.7. The molecule has 1 aliphatic rings. The van der Waals surface area contributed by atoms with Crippen LogP contribution in [0.25, 0.3) is 0 Å². The van der Waals surface area contributed by atoms with E-state index < -0.39 is 0 Å². The molecule has 0 atom stereocenters. The normalized spacial score (nSPS) is 15.3. The van der Waals surface area contributed by atoms with Crippen LogP contribution in [0.15, 0.2) is 18.2 Å². The van der Waals surface area contributed by atoms with Crippen LogP contribution in [0.2, 0.25) is 0 Å². The number of aryl methyl sites for hydroxylation is 1. The lowest BCUT2D eigenvalue weighted by atomic mass is 10.2. The Labute approximate surface area is 108 Å². The second kappa shape index (κ2) is 6.38. The number of nitrogens with zero attached hydrogens (tertiary/aromatic N) is 2. The van der Waals surface area contributed by atoms with Gasteiger partial charge in [-0.15, -0.1) is 0 Å². The van der Waals surface area contributed by atoms with Gasteiger partial charge in [-0.2, -0.15) is 0 Å². The van der Waals surface area contributed by atoms with Crippen LogP contribution in [0.4, 0.5) is 14.9 Å².